The molecule has 5 nitrogen and oxygen atoms in total. The van der Waals surface area contributed by atoms with Gasteiger partial charge in [-0.15, -0.1) is 0 Å². The topological polar surface area (TPSA) is 83.8 Å². The molecule has 102 valence electrons. The molecule has 1 saturated carbocycles. The molecule has 2 rings (SSSR count). The fourth-order valence-corrected chi connectivity index (χ4v) is 2.02. The van der Waals surface area contributed by atoms with Gasteiger partial charge in [0.2, 0.25) is 0 Å². The van der Waals surface area contributed by atoms with Crippen LogP contribution in [0.3, 0.4) is 0 Å². The molecule has 1 fully saturated rings. The Kier molecular flexibility index (Phi) is 3.85. The lowest BCUT2D eigenvalue weighted by molar-refractivity contribution is -0.151. The number of ether oxygens (including phenoxy) is 1. The first-order valence-corrected chi connectivity index (χ1v) is 6.17. The number of carboxylic acid groups (broad SMARTS) is 1. The summed E-state index contributed by atoms with van der Waals surface area (Å²) >= 11 is 0. The van der Waals surface area contributed by atoms with Crippen LogP contribution < -0.4 is 0 Å². The second kappa shape index (κ2) is 5.40. The number of hydrogen-bond donors (Lipinski definition) is 2. The van der Waals surface area contributed by atoms with Gasteiger partial charge in [0.25, 0.3) is 0 Å². The van der Waals surface area contributed by atoms with E-state index in [1.165, 1.54) is 0 Å². The van der Waals surface area contributed by atoms with Gasteiger partial charge < -0.3 is 14.9 Å². The molecule has 0 bridgehead atoms. The van der Waals surface area contributed by atoms with E-state index in [1.807, 2.05) is 30.3 Å². The van der Waals surface area contributed by atoms with Crippen LogP contribution >= 0.6 is 0 Å². The Hall–Kier alpha value is -1.88. The van der Waals surface area contributed by atoms with Gasteiger partial charge in [0.05, 0.1) is 0 Å². The van der Waals surface area contributed by atoms with Crippen molar-refractivity contribution < 1.29 is 24.5 Å². The first-order valence-electron chi connectivity index (χ1n) is 6.17. The van der Waals surface area contributed by atoms with Gasteiger partial charge in [-0.25, -0.2) is 4.79 Å². The molecule has 1 aromatic carbocycles. The van der Waals surface area contributed by atoms with E-state index in [0.29, 0.717) is 6.42 Å². The molecule has 0 radical (unpaired) electrons. The van der Waals surface area contributed by atoms with E-state index >= 15 is 0 Å². The molecule has 1 aliphatic carbocycles. The predicted molar refractivity (Wildman–Crippen MR) is 66.2 cm³/mol. The second-order valence-electron chi connectivity index (χ2n) is 4.82. The molecule has 2 unspecified atom stereocenters. The average molecular weight is 264 g/mol. The summed E-state index contributed by atoms with van der Waals surface area (Å²) in [7, 11) is 0. The molecule has 0 amide bonds. The number of carbonyl (C=O) groups is 2. The number of carboxylic acids is 1. The molecule has 0 saturated heterocycles. The maximum atomic E-state index is 11.5. The van der Waals surface area contributed by atoms with Crippen molar-refractivity contribution in [1.29, 1.82) is 0 Å². The Morgan fingerprint density at radius 1 is 1.32 bits per heavy atom. The highest BCUT2D eigenvalue weighted by atomic mass is 16.5. The van der Waals surface area contributed by atoms with Crippen molar-refractivity contribution in [2.24, 2.45) is 5.92 Å². The lowest BCUT2D eigenvalue weighted by Crippen LogP contribution is -2.24. The summed E-state index contributed by atoms with van der Waals surface area (Å²) in [5.41, 5.74) is -0.719. The lowest BCUT2D eigenvalue weighted by Gasteiger charge is -2.06. The van der Waals surface area contributed by atoms with Crippen LogP contribution in [-0.4, -0.2) is 27.8 Å². The van der Waals surface area contributed by atoms with Gasteiger partial charge >= 0.3 is 11.9 Å². The molecule has 0 aromatic heterocycles. The molecule has 1 aliphatic rings. The lowest BCUT2D eigenvalue weighted by atomic mass is 10.1. The summed E-state index contributed by atoms with van der Waals surface area (Å²) < 4.78 is 5.07. The normalized spacial score (nSPS) is 24.8. The van der Waals surface area contributed by atoms with Crippen LogP contribution in [0.4, 0.5) is 0 Å². The Bertz CT molecular complexity index is 470. The number of esters is 1. The Balaban J connectivity index is 1.68. The highest BCUT2D eigenvalue weighted by Crippen LogP contribution is 2.46. The van der Waals surface area contributed by atoms with Crippen LogP contribution in [0, 0.1) is 5.92 Å². The van der Waals surface area contributed by atoms with Crippen LogP contribution in [0.5, 0.6) is 0 Å². The largest absolute Gasteiger partial charge is 0.479 e. The van der Waals surface area contributed by atoms with E-state index in [0.717, 1.165) is 5.56 Å². The third-order valence-electron chi connectivity index (χ3n) is 3.38. The molecule has 2 atom stereocenters. The van der Waals surface area contributed by atoms with Gasteiger partial charge in [0.15, 0.2) is 5.60 Å². The molecular weight excluding hydrogens is 248 g/mol. The van der Waals surface area contributed by atoms with Crippen LogP contribution in [-0.2, 0) is 20.9 Å². The van der Waals surface area contributed by atoms with Crippen molar-refractivity contribution in [3.8, 4) is 0 Å². The van der Waals surface area contributed by atoms with E-state index in [-0.39, 0.29) is 31.3 Å². The van der Waals surface area contributed by atoms with Crippen LogP contribution in [0.2, 0.25) is 0 Å². The summed E-state index contributed by atoms with van der Waals surface area (Å²) in [6.45, 7) is 0.216. The first kappa shape index (κ1) is 13.5. The molecule has 5 heteroatoms. The third kappa shape index (κ3) is 3.32. The molecule has 0 heterocycles. The minimum absolute atomic E-state index is 0.132. The highest BCUT2D eigenvalue weighted by molar-refractivity contribution is 5.81. The van der Waals surface area contributed by atoms with Crippen molar-refractivity contribution in [1.82, 2.24) is 0 Å². The minimum atomic E-state index is -1.63. The zero-order valence-electron chi connectivity index (χ0n) is 10.4. The summed E-state index contributed by atoms with van der Waals surface area (Å²) in [5.74, 6) is -1.92. The van der Waals surface area contributed by atoms with Crippen LogP contribution in [0.15, 0.2) is 30.3 Å². The average Bonchev–Trinajstić information content (AvgIpc) is 3.08. The third-order valence-corrected chi connectivity index (χ3v) is 3.38. The maximum Gasteiger partial charge on any atom is 0.335 e. The molecule has 2 N–H and O–H groups in total. The Morgan fingerprint density at radius 2 is 2.00 bits per heavy atom. The second-order valence-corrected chi connectivity index (χ2v) is 4.82. The zero-order valence-corrected chi connectivity index (χ0v) is 10.4. The molecule has 0 spiro atoms. The number of aliphatic carboxylic acids is 1. The van der Waals surface area contributed by atoms with Crippen molar-refractivity contribution in [3.05, 3.63) is 35.9 Å². The van der Waals surface area contributed by atoms with Gasteiger partial charge in [-0.2, -0.15) is 0 Å². The van der Waals surface area contributed by atoms with Gasteiger partial charge in [-0.3, -0.25) is 4.79 Å². The number of rotatable bonds is 6. The summed E-state index contributed by atoms with van der Waals surface area (Å²) in [4.78, 5) is 22.2. The van der Waals surface area contributed by atoms with Crippen molar-refractivity contribution in [3.63, 3.8) is 0 Å². The van der Waals surface area contributed by atoms with Gasteiger partial charge in [0, 0.05) is 12.3 Å². The minimum Gasteiger partial charge on any atom is -0.479 e. The number of aliphatic hydroxyl groups is 1. The first-order chi connectivity index (χ1) is 9.02. The molecule has 1 aromatic rings. The number of carbonyl (C=O) groups excluding carboxylic acids is 1. The monoisotopic (exact) mass is 264 g/mol. The van der Waals surface area contributed by atoms with Gasteiger partial charge in [0.1, 0.15) is 6.61 Å². The summed E-state index contributed by atoms with van der Waals surface area (Å²) in [6, 6.07) is 9.32. The van der Waals surface area contributed by atoms with Crippen LogP contribution in [0.1, 0.15) is 24.8 Å². The Morgan fingerprint density at radius 3 is 2.58 bits per heavy atom. The fraction of sp³-hybridized carbons (Fsp3) is 0.429. The number of benzene rings is 1. The van der Waals surface area contributed by atoms with Crippen molar-refractivity contribution in [2.45, 2.75) is 31.5 Å². The molecular formula is C14H16O5. The summed E-state index contributed by atoms with van der Waals surface area (Å²) in [5, 5.41) is 18.3. The maximum absolute atomic E-state index is 11.5. The van der Waals surface area contributed by atoms with E-state index in [9.17, 15) is 14.7 Å². The predicted octanol–water partition coefficient (Wildman–Crippen LogP) is 1.35. The number of hydrogen-bond acceptors (Lipinski definition) is 4. The van der Waals surface area contributed by atoms with E-state index in [2.05, 4.69) is 0 Å². The highest BCUT2D eigenvalue weighted by Gasteiger charge is 2.59. The SMILES string of the molecule is O=C(CCC1CC1(O)C(=O)O)OCc1ccccc1. The standard InChI is InChI=1S/C14H16O5/c15-12(19-9-10-4-2-1-3-5-10)7-6-11-8-14(11,18)13(16)17/h1-5,11,18H,6-9H2,(H,16,17). The molecule has 19 heavy (non-hydrogen) atoms. The van der Waals surface area contributed by atoms with Crippen molar-refractivity contribution in [2.75, 3.05) is 0 Å². The smallest absolute Gasteiger partial charge is 0.335 e. The van der Waals surface area contributed by atoms with Gasteiger partial charge in [-0.05, 0) is 18.4 Å². The quantitative estimate of drug-likeness (QED) is 0.758. The fourth-order valence-electron chi connectivity index (χ4n) is 2.02. The van der Waals surface area contributed by atoms with E-state index in [4.69, 9.17) is 9.84 Å². The van der Waals surface area contributed by atoms with Gasteiger partial charge in [-0.1, -0.05) is 30.3 Å². The van der Waals surface area contributed by atoms with Crippen LogP contribution in [0.25, 0.3) is 0 Å². The van der Waals surface area contributed by atoms with E-state index in [1.54, 1.807) is 0 Å². The Labute approximate surface area is 110 Å². The zero-order chi connectivity index (χ0) is 13.9. The van der Waals surface area contributed by atoms with Crippen molar-refractivity contribution >= 4 is 11.9 Å². The van der Waals surface area contributed by atoms with E-state index < -0.39 is 11.6 Å². The summed E-state index contributed by atoms with van der Waals surface area (Å²) in [6.07, 6.45) is 0.692. The molecule has 0 aliphatic heterocycles.